The maximum Gasteiger partial charge on any atom is 0.416 e. The van der Waals surface area contributed by atoms with Crippen LogP contribution in [0.4, 0.5) is 4.79 Å². The predicted molar refractivity (Wildman–Crippen MR) is 62.1 cm³/mol. The van der Waals surface area contributed by atoms with Crippen LogP contribution in [0.3, 0.4) is 0 Å². The van der Waals surface area contributed by atoms with E-state index in [4.69, 9.17) is 5.11 Å². The lowest BCUT2D eigenvalue weighted by atomic mass is 10.1. The number of hydrogen-bond acceptors (Lipinski definition) is 1. The molecular weight excluding hydrogens is 202 g/mol. The minimum absolute atomic E-state index is 0.706. The van der Waals surface area contributed by atoms with Crippen molar-refractivity contribution in [3.8, 4) is 0 Å². The summed E-state index contributed by atoms with van der Waals surface area (Å²) in [4.78, 5) is 11.1. The van der Waals surface area contributed by atoms with Gasteiger partial charge in [-0.2, -0.15) is 0 Å². The zero-order valence-electron chi connectivity index (χ0n) is 9.10. The monoisotopic (exact) mass is 215 g/mol. The molecule has 0 aliphatic heterocycles. The van der Waals surface area contributed by atoms with Crippen molar-refractivity contribution in [1.82, 2.24) is 4.57 Å². The summed E-state index contributed by atoms with van der Waals surface area (Å²) in [5.41, 5.74) is 2.90. The number of nitrogens with zero attached hydrogens (tertiary/aromatic N) is 1. The fourth-order valence-corrected chi connectivity index (χ4v) is 2.30. The highest BCUT2D eigenvalue weighted by Gasteiger charge is 2.24. The molecule has 1 fully saturated rings. The molecule has 0 saturated heterocycles. The molecule has 1 heterocycles. The van der Waals surface area contributed by atoms with Gasteiger partial charge >= 0.3 is 6.09 Å². The number of benzene rings is 1. The van der Waals surface area contributed by atoms with Crippen LogP contribution in [-0.2, 0) is 0 Å². The minimum atomic E-state index is -0.910. The van der Waals surface area contributed by atoms with Gasteiger partial charge in [0.2, 0.25) is 0 Å². The van der Waals surface area contributed by atoms with E-state index in [1.807, 2.05) is 19.1 Å². The van der Waals surface area contributed by atoms with Gasteiger partial charge in [0.05, 0.1) is 5.52 Å². The van der Waals surface area contributed by atoms with Crippen LogP contribution in [0.25, 0.3) is 10.9 Å². The van der Waals surface area contributed by atoms with Gasteiger partial charge in [0.25, 0.3) is 0 Å². The average Bonchev–Trinajstić information content (AvgIpc) is 2.99. The van der Waals surface area contributed by atoms with Crippen molar-refractivity contribution in [2.45, 2.75) is 25.7 Å². The SMILES string of the molecule is Cc1cc2cc(C3CC3)ccc2n1C(=O)O. The molecule has 3 rings (SSSR count). The second kappa shape index (κ2) is 3.11. The lowest BCUT2D eigenvalue weighted by Gasteiger charge is -2.02. The van der Waals surface area contributed by atoms with E-state index in [9.17, 15) is 4.79 Å². The first-order chi connectivity index (χ1) is 7.66. The van der Waals surface area contributed by atoms with Crippen LogP contribution in [0.1, 0.15) is 30.0 Å². The number of carbonyl (C=O) groups is 1. The molecule has 0 bridgehead atoms. The standard InChI is InChI=1S/C13H13NO2/c1-8-6-11-7-10(9-2-3-9)4-5-12(11)14(8)13(15)16/h4-7,9H,2-3H2,1H3,(H,15,16). The minimum Gasteiger partial charge on any atom is -0.464 e. The fourth-order valence-electron chi connectivity index (χ4n) is 2.30. The van der Waals surface area contributed by atoms with E-state index >= 15 is 0 Å². The van der Waals surface area contributed by atoms with Gasteiger partial charge in [-0.05, 0) is 49.4 Å². The molecule has 0 radical (unpaired) electrons. The van der Waals surface area contributed by atoms with Crippen molar-refractivity contribution in [3.05, 3.63) is 35.5 Å². The Hall–Kier alpha value is -1.77. The van der Waals surface area contributed by atoms with E-state index in [1.54, 1.807) is 0 Å². The lowest BCUT2D eigenvalue weighted by molar-refractivity contribution is 0.197. The molecule has 1 aliphatic carbocycles. The molecule has 0 atom stereocenters. The van der Waals surface area contributed by atoms with Gasteiger partial charge in [-0.3, -0.25) is 4.57 Å². The lowest BCUT2D eigenvalue weighted by Crippen LogP contribution is -2.08. The van der Waals surface area contributed by atoms with E-state index in [0.717, 1.165) is 16.6 Å². The number of aryl methyl sites for hydroxylation is 1. The van der Waals surface area contributed by atoms with E-state index in [0.29, 0.717) is 5.92 Å². The van der Waals surface area contributed by atoms with Crippen molar-refractivity contribution in [1.29, 1.82) is 0 Å². The Bertz CT molecular complexity index is 579. The molecule has 82 valence electrons. The van der Waals surface area contributed by atoms with Gasteiger partial charge in [0.15, 0.2) is 0 Å². The Morgan fingerprint density at radius 3 is 2.75 bits per heavy atom. The van der Waals surface area contributed by atoms with Crippen LogP contribution in [0, 0.1) is 6.92 Å². The summed E-state index contributed by atoms with van der Waals surface area (Å²) in [5.74, 6) is 0.706. The van der Waals surface area contributed by atoms with Crippen molar-refractivity contribution in [2.75, 3.05) is 0 Å². The maximum absolute atomic E-state index is 11.1. The topological polar surface area (TPSA) is 42.2 Å². The Morgan fingerprint density at radius 2 is 2.12 bits per heavy atom. The summed E-state index contributed by atoms with van der Waals surface area (Å²) < 4.78 is 1.34. The Kier molecular flexibility index (Phi) is 1.84. The highest BCUT2D eigenvalue weighted by atomic mass is 16.4. The van der Waals surface area contributed by atoms with Gasteiger partial charge < -0.3 is 5.11 Å². The third kappa shape index (κ3) is 1.32. The summed E-state index contributed by atoms with van der Waals surface area (Å²) in [6.07, 6.45) is 1.63. The summed E-state index contributed by atoms with van der Waals surface area (Å²) in [7, 11) is 0. The highest BCUT2D eigenvalue weighted by Crippen LogP contribution is 2.41. The first-order valence-electron chi connectivity index (χ1n) is 5.52. The molecule has 0 spiro atoms. The average molecular weight is 215 g/mol. The second-order valence-electron chi connectivity index (χ2n) is 4.50. The summed E-state index contributed by atoms with van der Waals surface area (Å²) in [6.45, 7) is 1.82. The molecule has 1 aromatic carbocycles. The van der Waals surface area contributed by atoms with E-state index < -0.39 is 6.09 Å². The third-order valence-electron chi connectivity index (χ3n) is 3.25. The normalized spacial score (nSPS) is 15.6. The van der Waals surface area contributed by atoms with Crippen molar-refractivity contribution in [2.24, 2.45) is 0 Å². The first-order valence-corrected chi connectivity index (χ1v) is 5.52. The number of hydrogen-bond donors (Lipinski definition) is 1. The Morgan fingerprint density at radius 1 is 1.38 bits per heavy atom. The quantitative estimate of drug-likeness (QED) is 0.792. The van der Waals surface area contributed by atoms with Gasteiger partial charge in [-0.1, -0.05) is 6.07 Å². The van der Waals surface area contributed by atoms with Gasteiger partial charge in [0, 0.05) is 11.1 Å². The van der Waals surface area contributed by atoms with Crippen LogP contribution < -0.4 is 0 Å². The third-order valence-corrected chi connectivity index (χ3v) is 3.25. The Labute approximate surface area is 93.3 Å². The molecule has 0 amide bonds. The van der Waals surface area contributed by atoms with Gasteiger partial charge in [-0.15, -0.1) is 0 Å². The first kappa shape index (κ1) is 9.46. The van der Waals surface area contributed by atoms with Gasteiger partial charge in [0.1, 0.15) is 0 Å². The smallest absolute Gasteiger partial charge is 0.416 e. The van der Waals surface area contributed by atoms with Crippen molar-refractivity contribution < 1.29 is 9.90 Å². The molecule has 0 unspecified atom stereocenters. The largest absolute Gasteiger partial charge is 0.464 e. The van der Waals surface area contributed by atoms with Crippen LogP contribution >= 0.6 is 0 Å². The molecular formula is C13H13NO2. The van der Waals surface area contributed by atoms with E-state index in [-0.39, 0.29) is 0 Å². The molecule has 16 heavy (non-hydrogen) atoms. The molecule has 3 heteroatoms. The Balaban J connectivity index is 2.22. The van der Waals surface area contributed by atoms with Crippen molar-refractivity contribution >= 4 is 17.0 Å². The van der Waals surface area contributed by atoms with Crippen molar-refractivity contribution in [3.63, 3.8) is 0 Å². The number of fused-ring (bicyclic) bond motifs is 1. The molecule has 1 aromatic heterocycles. The molecule has 3 nitrogen and oxygen atoms in total. The highest BCUT2D eigenvalue weighted by molar-refractivity contribution is 5.90. The zero-order chi connectivity index (χ0) is 11.3. The van der Waals surface area contributed by atoms with Crippen LogP contribution in [0.15, 0.2) is 24.3 Å². The zero-order valence-corrected chi connectivity index (χ0v) is 9.10. The number of aromatic nitrogens is 1. The van der Waals surface area contributed by atoms with Crippen LogP contribution in [-0.4, -0.2) is 15.8 Å². The summed E-state index contributed by atoms with van der Waals surface area (Å²) >= 11 is 0. The van der Waals surface area contributed by atoms with Crippen LogP contribution in [0.2, 0.25) is 0 Å². The summed E-state index contributed by atoms with van der Waals surface area (Å²) in [5, 5.41) is 10.1. The summed E-state index contributed by atoms with van der Waals surface area (Å²) in [6, 6.07) is 8.04. The number of carboxylic acid groups (broad SMARTS) is 1. The molecule has 1 N–H and O–H groups in total. The number of rotatable bonds is 1. The van der Waals surface area contributed by atoms with E-state index in [2.05, 4.69) is 12.1 Å². The predicted octanol–water partition coefficient (Wildman–Crippen LogP) is 3.35. The van der Waals surface area contributed by atoms with Crippen LogP contribution in [0.5, 0.6) is 0 Å². The maximum atomic E-state index is 11.1. The van der Waals surface area contributed by atoms with Gasteiger partial charge in [-0.25, -0.2) is 4.79 Å². The molecule has 1 aliphatic rings. The molecule has 2 aromatic rings. The van der Waals surface area contributed by atoms with E-state index in [1.165, 1.54) is 23.0 Å². The second-order valence-corrected chi connectivity index (χ2v) is 4.50. The fraction of sp³-hybridized carbons (Fsp3) is 0.308. The molecule has 1 saturated carbocycles.